The topological polar surface area (TPSA) is 331 Å². The number of hydrogen-bond acceptors (Lipinski definition) is 21. The molecule has 0 aromatic carbocycles. The van der Waals surface area contributed by atoms with Crippen LogP contribution in [0.15, 0.2) is 0 Å². The Labute approximate surface area is 445 Å². The SMILES string of the molecule is CCCCCCCCCCCCCCCCO[C@H](COC(=O)CCCCCCCCCCCCCCC)COC(=O)OC1C(O[C@@H]2OC(CO)[C@H](O)[C@H](O)C2O)C(O)C(O)[C@H](O)C1O[C@H]1OC(CO)[C@@H](O)C(O)[C@H]1O. The average Bonchev–Trinajstić information content (AvgIpc) is 3.40. The second-order valence-electron chi connectivity index (χ2n) is 21.0. The molecule has 1 saturated carbocycles. The first kappa shape index (κ1) is 67.4. The molecular formula is C54H100O21. The van der Waals surface area contributed by atoms with Gasteiger partial charge in [-0.05, 0) is 12.8 Å². The fourth-order valence-electron chi connectivity index (χ4n) is 9.83. The lowest BCUT2D eigenvalue weighted by atomic mass is 9.84. The number of ether oxygens (including phenoxy) is 8. The molecule has 0 amide bonds. The van der Waals surface area contributed by atoms with Crippen molar-refractivity contribution in [1.29, 1.82) is 0 Å². The van der Waals surface area contributed by atoms with Gasteiger partial charge in [0.2, 0.25) is 0 Å². The molecular weight excluding hydrogens is 985 g/mol. The Bertz CT molecular complexity index is 1390. The molecule has 0 aromatic rings. The predicted octanol–water partition coefficient (Wildman–Crippen LogP) is 3.87. The van der Waals surface area contributed by atoms with Gasteiger partial charge in [0.1, 0.15) is 98.7 Å². The maximum Gasteiger partial charge on any atom is 0.508 e. The molecule has 1 aliphatic carbocycles. The second-order valence-corrected chi connectivity index (χ2v) is 21.0. The molecule has 2 heterocycles. The standard InChI is InChI=1S/C54H100O21/c1-3-5-7-9-11-13-15-17-19-21-23-25-27-29-31-68-36(34-69-39(57)30-28-26-24-22-20-18-16-14-12-10-8-6-4-2)35-70-54(67)75-51-49(73-52-47(65)42(60)40(58)37(32-55)71-52)45(63)44(62)46(64)50(51)74-53-48(66)43(61)41(59)38(33-56)72-53/h36-38,40-53,55-56,58-66H,3-35H2,1-2H3/t36-,37?,38?,40-,41+,42?,43+,44?,45+,46?,47-,48?,49?,50?,51?,52-,53+/m1/s1. The summed E-state index contributed by atoms with van der Waals surface area (Å²) in [6.45, 7) is 2.15. The summed E-state index contributed by atoms with van der Waals surface area (Å²) in [7, 11) is 0. The van der Waals surface area contributed by atoms with Gasteiger partial charge in [0.05, 0.1) is 13.2 Å². The summed E-state index contributed by atoms with van der Waals surface area (Å²) in [4.78, 5) is 26.6. The first-order chi connectivity index (χ1) is 36.2. The van der Waals surface area contributed by atoms with Crippen LogP contribution in [-0.2, 0) is 42.7 Å². The number of carbonyl (C=O) groups is 2. The zero-order chi connectivity index (χ0) is 55.0. The zero-order valence-electron chi connectivity index (χ0n) is 45.2. The van der Waals surface area contributed by atoms with Gasteiger partial charge in [-0.2, -0.15) is 0 Å². The molecule has 0 bridgehead atoms. The fourth-order valence-corrected chi connectivity index (χ4v) is 9.83. The van der Waals surface area contributed by atoms with Gasteiger partial charge in [-0.25, -0.2) is 4.79 Å². The van der Waals surface area contributed by atoms with Crippen LogP contribution in [0.1, 0.15) is 194 Å². The van der Waals surface area contributed by atoms with Crippen LogP contribution in [0.25, 0.3) is 0 Å². The van der Waals surface area contributed by atoms with E-state index >= 15 is 0 Å². The van der Waals surface area contributed by atoms with Crippen LogP contribution in [0.5, 0.6) is 0 Å². The van der Waals surface area contributed by atoms with E-state index < -0.39 is 136 Å². The van der Waals surface area contributed by atoms with Crippen molar-refractivity contribution in [3.8, 4) is 0 Å². The Morgan fingerprint density at radius 2 is 0.760 bits per heavy atom. The van der Waals surface area contributed by atoms with Crippen molar-refractivity contribution >= 4 is 12.1 Å². The summed E-state index contributed by atoms with van der Waals surface area (Å²) in [6.07, 6.45) is -2.31. The van der Waals surface area contributed by atoms with Crippen molar-refractivity contribution in [1.82, 2.24) is 0 Å². The minimum Gasteiger partial charge on any atom is -0.463 e. The average molecular weight is 1090 g/mol. The number of aliphatic hydroxyl groups excluding tert-OH is 11. The molecule has 3 aliphatic rings. The van der Waals surface area contributed by atoms with Gasteiger partial charge >= 0.3 is 12.1 Å². The van der Waals surface area contributed by atoms with Crippen molar-refractivity contribution < 1.29 is 104 Å². The van der Waals surface area contributed by atoms with E-state index in [0.717, 1.165) is 44.9 Å². The first-order valence-corrected chi connectivity index (χ1v) is 28.8. The van der Waals surface area contributed by atoms with E-state index in [4.69, 9.17) is 37.9 Å². The minimum absolute atomic E-state index is 0.191. The van der Waals surface area contributed by atoms with E-state index in [1.165, 1.54) is 116 Å². The lowest BCUT2D eigenvalue weighted by molar-refractivity contribution is -0.361. The summed E-state index contributed by atoms with van der Waals surface area (Å²) in [6, 6.07) is 0. The van der Waals surface area contributed by atoms with Crippen molar-refractivity contribution in [3.63, 3.8) is 0 Å². The molecule has 2 saturated heterocycles. The molecule has 442 valence electrons. The summed E-state index contributed by atoms with van der Waals surface area (Å²) in [5.74, 6) is -0.448. The third-order valence-corrected chi connectivity index (χ3v) is 14.7. The van der Waals surface area contributed by atoms with E-state index in [1.54, 1.807) is 0 Å². The molecule has 21 nitrogen and oxygen atoms in total. The molecule has 0 radical (unpaired) electrons. The second kappa shape index (κ2) is 39.5. The largest absolute Gasteiger partial charge is 0.508 e. The number of unbranched alkanes of at least 4 members (excludes halogenated alkanes) is 25. The van der Waals surface area contributed by atoms with Gasteiger partial charge in [-0.3, -0.25) is 4.79 Å². The van der Waals surface area contributed by atoms with Crippen molar-refractivity contribution in [3.05, 3.63) is 0 Å². The third kappa shape index (κ3) is 24.6. The highest BCUT2D eigenvalue weighted by molar-refractivity contribution is 5.69. The van der Waals surface area contributed by atoms with Crippen molar-refractivity contribution in [2.24, 2.45) is 0 Å². The Morgan fingerprint density at radius 1 is 0.413 bits per heavy atom. The Morgan fingerprint density at radius 3 is 1.15 bits per heavy atom. The van der Waals surface area contributed by atoms with Crippen LogP contribution in [0.2, 0.25) is 0 Å². The normalized spacial score (nSPS) is 31.5. The molecule has 0 aromatic heterocycles. The Balaban J connectivity index is 1.65. The van der Waals surface area contributed by atoms with Gasteiger partial charge in [0.25, 0.3) is 0 Å². The third-order valence-electron chi connectivity index (χ3n) is 14.7. The fraction of sp³-hybridized carbons (Fsp3) is 0.963. The van der Waals surface area contributed by atoms with E-state index in [0.29, 0.717) is 12.8 Å². The van der Waals surface area contributed by atoms with Crippen LogP contribution in [0, 0.1) is 0 Å². The first-order valence-electron chi connectivity index (χ1n) is 28.8. The van der Waals surface area contributed by atoms with E-state index in [-0.39, 0.29) is 19.6 Å². The number of rotatable bonds is 41. The lowest BCUT2D eigenvalue weighted by Gasteiger charge is -2.49. The number of aliphatic hydroxyl groups is 11. The van der Waals surface area contributed by atoms with E-state index in [1.807, 2.05) is 0 Å². The summed E-state index contributed by atoms with van der Waals surface area (Å²) in [5, 5.41) is 116. The van der Waals surface area contributed by atoms with Gasteiger partial charge in [0.15, 0.2) is 18.7 Å². The minimum atomic E-state index is -2.19. The molecule has 0 spiro atoms. The summed E-state index contributed by atoms with van der Waals surface area (Å²) >= 11 is 0. The summed E-state index contributed by atoms with van der Waals surface area (Å²) < 4.78 is 45.1. The highest BCUT2D eigenvalue weighted by atomic mass is 16.8. The molecule has 75 heavy (non-hydrogen) atoms. The van der Waals surface area contributed by atoms with Gasteiger partial charge in [-0.15, -0.1) is 0 Å². The van der Waals surface area contributed by atoms with Gasteiger partial charge in [-0.1, -0.05) is 174 Å². The van der Waals surface area contributed by atoms with Crippen LogP contribution in [-0.4, -0.2) is 205 Å². The molecule has 11 N–H and O–H groups in total. The van der Waals surface area contributed by atoms with Crippen molar-refractivity contribution in [2.75, 3.05) is 33.0 Å². The monoisotopic (exact) mass is 1080 g/mol. The van der Waals surface area contributed by atoms with Crippen molar-refractivity contribution in [2.45, 2.75) is 298 Å². The smallest absolute Gasteiger partial charge is 0.463 e. The molecule has 17 atom stereocenters. The molecule has 2 aliphatic heterocycles. The van der Waals surface area contributed by atoms with Crippen LogP contribution in [0.3, 0.4) is 0 Å². The number of hydrogen-bond donors (Lipinski definition) is 11. The Kier molecular flexibility index (Phi) is 35.5. The van der Waals surface area contributed by atoms with Gasteiger partial charge < -0.3 is 94.1 Å². The van der Waals surface area contributed by atoms with Crippen LogP contribution >= 0.6 is 0 Å². The molecule has 3 rings (SSSR count). The maximum absolute atomic E-state index is 13.7. The molecule has 21 heteroatoms. The quantitative estimate of drug-likeness (QED) is 0.0306. The lowest BCUT2D eigenvalue weighted by Crippen LogP contribution is -2.70. The number of carbonyl (C=O) groups excluding carboxylic acids is 2. The predicted molar refractivity (Wildman–Crippen MR) is 273 cm³/mol. The van der Waals surface area contributed by atoms with Gasteiger partial charge in [0, 0.05) is 13.0 Å². The molecule has 9 unspecified atom stereocenters. The van der Waals surface area contributed by atoms with Crippen LogP contribution < -0.4 is 0 Å². The van der Waals surface area contributed by atoms with E-state index in [9.17, 15) is 65.8 Å². The number of esters is 1. The van der Waals surface area contributed by atoms with Crippen LogP contribution in [0.4, 0.5) is 4.79 Å². The Hall–Kier alpha value is -1.90. The molecule has 3 fully saturated rings. The zero-order valence-corrected chi connectivity index (χ0v) is 45.2. The van der Waals surface area contributed by atoms with E-state index in [2.05, 4.69) is 13.8 Å². The highest BCUT2D eigenvalue weighted by Crippen LogP contribution is 2.35. The summed E-state index contributed by atoms with van der Waals surface area (Å²) in [5.41, 5.74) is 0. The highest BCUT2D eigenvalue weighted by Gasteiger charge is 2.57. The maximum atomic E-state index is 13.7.